The van der Waals surface area contributed by atoms with E-state index in [1.54, 1.807) is 12.3 Å². The topological polar surface area (TPSA) is 37.0 Å². The third-order valence-corrected chi connectivity index (χ3v) is 3.94. The Morgan fingerprint density at radius 1 is 1.09 bits per heavy atom. The van der Waals surface area contributed by atoms with E-state index in [9.17, 15) is 5.11 Å². The molecule has 1 atom stereocenters. The van der Waals surface area contributed by atoms with Gasteiger partial charge in [-0.2, -0.15) is 0 Å². The molecular formula is C19H25N2O+. The smallest absolute Gasteiger partial charge is 0.132 e. The van der Waals surface area contributed by atoms with Gasteiger partial charge in [-0.15, -0.1) is 0 Å². The van der Waals surface area contributed by atoms with E-state index in [0.717, 1.165) is 12.0 Å². The minimum absolute atomic E-state index is 0.271. The van der Waals surface area contributed by atoms with Crippen molar-refractivity contribution in [1.82, 2.24) is 0 Å². The summed E-state index contributed by atoms with van der Waals surface area (Å²) in [6.45, 7) is 2.86. The van der Waals surface area contributed by atoms with Crippen molar-refractivity contribution in [2.75, 3.05) is 20.6 Å². The molecule has 22 heavy (non-hydrogen) atoms. The first kappa shape index (κ1) is 16.2. The predicted octanol–water partition coefficient (Wildman–Crippen LogP) is 2.26. The van der Waals surface area contributed by atoms with Crippen LogP contribution in [0.5, 0.6) is 5.75 Å². The van der Waals surface area contributed by atoms with Gasteiger partial charge in [0.2, 0.25) is 0 Å². The fourth-order valence-corrected chi connectivity index (χ4v) is 2.46. The van der Waals surface area contributed by atoms with Gasteiger partial charge in [0.15, 0.2) is 0 Å². The number of rotatable bonds is 6. The summed E-state index contributed by atoms with van der Waals surface area (Å²) in [4.78, 5) is 5.88. The van der Waals surface area contributed by atoms with Crippen LogP contribution in [0, 0.1) is 0 Å². The number of aryl methyl sites for hydroxylation is 1. The number of phenolic OH excluding ortho intramolecular Hbond substituents is 1. The molecule has 0 heterocycles. The second-order valence-corrected chi connectivity index (χ2v) is 5.78. The highest BCUT2D eigenvalue weighted by Crippen LogP contribution is 2.15. The Balaban J connectivity index is 2.10. The largest absolute Gasteiger partial charge is 0.507 e. The molecule has 3 heteroatoms. The second-order valence-electron chi connectivity index (χ2n) is 5.78. The van der Waals surface area contributed by atoms with Gasteiger partial charge in [-0.1, -0.05) is 43.3 Å². The molecule has 2 rings (SSSR count). The Morgan fingerprint density at radius 2 is 1.77 bits per heavy atom. The number of hydrogen-bond acceptors (Lipinski definition) is 2. The van der Waals surface area contributed by atoms with Crippen molar-refractivity contribution in [3.8, 4) is 5.75 Å². The number of phenols is 1. The molecule has 0 aromatic heterocycles. The van der Waals surface area contributed by atoms with Gasteiger partial charge in [0, 0.05) is 17.3 Å². The van der Waals surface area contributed by atoms with Crippen molar-refractivity contribution in [3.05, 3.63) is 65.2 Å². The summed E-state index contributed by atoms with van der Waals surface area (Å²) in [6.07, 6.45) is 2.82. The highest BCUT2D eigenvalue weighted by Gasteiger charge is 2.16. The van der Waals surface area contributed by atoms with Gasteiger partial charge >= 0.3 is 0 Å². The molecule has 0 aliphatic rings. The molecule has 0 radical (unpaired) electrons. The zero-order valence-electron chi connectivity index (χ0n) is 13.6. The maximum atomic E-state index is 9.76. The highest BCUT2D eigenvalue weighted by atomic mass is 16.3. The van der Waals surface area contributed by atoms with Crippen LogP contribution in [0.2, 0.25) is 0 Å². The molecule has 116 valence electrons. The molecular weight excluding hydrogens is 272 g/mol. The van der Waals surface area contributed by atoms with Crippen molar-refractivity contribution < 1.29 is 10.0 Å². The van der Waals surface area contributed by atoms with Gasteiger partial charge in [0.05, 0.1) is 20.6 Å². The van der Waals surface area contributed by atoms with E-state index in [4.69, 9.17) is 0 Å². The standard InChI is InChI=1S/C19H24N2O/c1-4-15-9-11-16(12-10-15)18(21(2)3)14-20-13-17-7-5-6-8-19(17)22/h5-13,18,22H,4,14H2,1-3H3/p+1/t18-/m1/s1. The lowest BCUT2D eigenvalue weighted by Crippen LogP contribution is -3.06. The molecule has 2 N–H and O–H groups in total. The van der Waals surface area contributed by atoms with Crippen molar-refractivity contribution in [3.63, 3.8) is 0 Å². The number of likely N-dealkylation sites (N-methyl/N-ethyl adjacent to an activating group) is 1. The van der Waals surface area contributed by atoms with Gasteiger partial charge in [-0.05, 0) is 24.1 Å². The summed E-state index contributed by atoms with van der Waals surface area (Å²) in [7, 11) is 4.29. The summed E-state index contributed by atoms with van der Waals surface area (Å²) < 4.78 is 0. The van der Waals surface area contributed by atoms with Gasteiger partial charge in [-0.25, -0.2) is 0 Å². The van der Waals surface area contributed by atoms with Crippen LogP contribution < -0.4 is 4.90 Å². The molecule has 0 spiro atoms. The van der Waals surface area contributed by atoms with E-state index in [-0.39, 0.29) is 5.75 Å². The molecule has 0 aliphatic heterocycles. The summed E-state index contributed by atoms with van der Waals surface area (Å²) in [5.41, 5.74) is 3.41. The van der Waals surface area contributed by atoms with Gasteiger partial charge in [-0.3, -0.25) is 4.99 Å². The van der Waals surface area contributed by atoms with Crippen LogP contribution in [-0.4, -0.2) is 32.0 Å². The number of aromatic hydroxyl groups is 1. The van der Waals surface area contributed by atoms with Crippen LogP contribution in [0.3, 0.4) is 0 Å². The number of nitrogens with one attached hydrogen (secondary N) is 1. The minimum Gasteiger partial charge on any atom is -0.507 e. The first-order chi connectivity index (χ1) is 10.6. The Bertz CT molecular complexity index is 618. The average molecular weight is 297 g/mol. The lowest BCUT2D eigenvalue weighted by atomic mass is 10.0. The quantitative estimate of drug-likeness (QED) is 0.789. The molecule has 0 amide bonds. The fourth-order valence-electron chi connectivity index (χ4n) is 2.46. The maximum Gasteiger partial charge on any atom is 0.132 e. The maximum absolute atomic E-state index is 9.76. The molecule has 3 nitrogen and oxygen atoms in total. The van der Waals surface area contributed by atoms with Crippen molar-refractivity contribution in [2.24, 2.45) is 4.99 Å². The van der Waals surface area contributed by atoms with Crippen LogP contribution in [0.15, 0.2) is 53.5 Å². The zero-order valence-corrected chi connectivity index (χ0v) is 13.6. The molecule has 0 saturated carbocycles. The van der Waals surface area contributed by atoms with Crippen LogP contribution in [0.1, 0.15) is 29.7 Å². The van der Waals surface area contributed by atoms with Crippen molar-refractivity contribution >= 4 is 6.21 Å². The van der Waals surface area contributed by atoms with E-state index in [1.165, 1.54) is 16.0 Å². The van der Waals surface area contributed by atoms with E-state index in [1.807, 2.05) is 18.2 Å². The van der Waals surface area contributed by atoms with E-state index < -0.39 is 0 Å². The number of para-hydroxylation sites is 1. The first-order valence-corrected chi connectivity index (χ1v) is 7.78. The number of quaternary nitrogens is 1. The summed E-state index contributed by atoms with van der Waals surface area (Å²) in [5.74, 6) is 0.271. The van der Waals surface area contributed by atoms with Crippen molar-refractivity contribution in [1.29, 1.82) is 0 Å². The number of aliphatic imine (C=N–C) groups is 1. The molecule has 0 unspecified atom stereocenters. The third-order valence-electron chi connectivity index (χ3n) is 3.94. The van der Waals surface area contributed by atoms with Gasteiger partial charge in [0.25, 0.3) is 0 Å². The lowest BCUT2D eigenvalue weighted by Gasteiger charge is -2.20. The average Bonchev–Trinajstić information content (AvgIpc) is 2.53. The summed E-state index contributed by atoms with van der Waals surface area (Å²) >= 11 is 0. The van der Waals surface area contributed by atoms with Crippen molar-refractivity contribution in [2.45, 2.75) is 19.4 Å². The normalized spacial score (nSPS) is 12.9. The summed E-state index contributed by atoms with van der Waals surface area (Å²) in [5, 5.41) is 9.76. The first-order valence-electron chi connectivity index (χ1n) is 7.78. The van der Waals surface area contributed by atoms with Crippen LogP contribution in [-0.2, 0) is 6.42 Å². The second kappa shape index (κ2) is 7.76. The van der Waals surface area contributed by atoms with Crippen LogP contribution in [0.4, 0.5) is 0 Å². The Hall–Kier alpha value is -2.13. The predicted molar refractivity (Wildman–Crippen MR) is 91.9 cm³/mol. The van der Waals surface area contributed by atoms with Crippen LogP contribution >= 0.6 is 0 Å². The zero-order chi connectivity index (χ0) is 15.9. The molecule has 0 bridgehead atoms. The molecule has 0 fully saturated rings. The Labute approximate surface area is 132 Å². The fraction of sp³-hybridized carbons (Fsp3) is 0.316. The summed E-state index contributed by atoms with van der Waals surface area (Å²) in [6, 6.07) is 16.4. The Morgan fingerprint density at radius 3 is 2.36 bits per heavy atom. The molecule has 2 aromatic rings. The third kappa shape index (κ3) is 4.18. The van der Waals surface area contributed by atoms with E-state index in [2.05, 4.69) is 50.3 Å². The van der Waals surface area contributed by atoms with Gasteiger partial charge in [0.1, 0.15) is 11.8 Å². The SMILES string of the molecule is CCc1ccc([C@@H](CN=Cc2ccccc2O)[NH+](C)C)cc1. The molecule has 0 aliphatic carbocycles. The molecule has 2 aromatic carbocycles. The van der Waals surface area contributed by atoms with Crippen LogP contribution in [0.25, 0.3) is 0 Å². The Kier molecular flexibility index (Phi) is 5.73. The monoisotopic (exact) mass is 297 g/mol. The number of hydrogen-bond donors (Lipinski definition) is 2. The number of benzene rings is 2. The minimum atomic E-state index is 0.271. The number of nitrogens with zero attached hydrogens (tertiary/aromatic N) is 1. The van der Waals surface area contributed by atoms with E-state index >= 15 is 0 Å². The highest BCUT2D eigenvalue weighted by molar-refractivity contribution is 5.83. The lowest BCUT2D eigenvalue weighted by molar-refractivity contribution is -0.890. The molecule has 0 saturated heterocycles. The van der Waals surface area contributed by atoms with Gasteiger partial charge < -0.3 is 10.0 Å². The van der Waals surface area contributed by atoms with E-state index in [0.29, 0.717) is 12.6 Å².